The predicted molar refractivity (Wildman–Crippen MR) is 57.4 cm³/mol. The van der Waals surface area contributed by atoms with Crippen molar-refractivity contribution in [2.45, 2.75) is 13.0 Å². The van der Waals surface area contributed by atoms with Crippen LogP contribution in [0.25, 0.3) is 0 Å². The number of carbonyl (C=O) groups excluding carboxylic acids is 1. The first-order valence-electron chi connectivity index (χ1n) is 4.44. The number of alkyl halides is 1. The minimum Gasteiger partial charge on any atom is -0.504 e. The molecule has 0 saturated carbocycles. The van der Waals surface area contributed by atoms with Gasteiger partial charge in [0.05, 0.1) is 5.56 Å². The quantitative estimate of drug-likeness (QED) is 0.543. The van der Waals surface area contributed by atoms with E-state index in [-0.39, 0.29) is 23.2 Å². The summed E-state index contributed by atoms with van der Waals surface area (Å²) in [6, 6.07) is 4.01. The molecule has 1 unspecified atom stereocenters. The van der Waals surface area contributed by atoms with E-state index in [1.165, 1.54) is 18.2 Å². The number of carbonyl (C=O) groups is 1. The maximum absolute atomic E-state index is 11.5. The molecule has 0 fully saturated rings. The summed E-state index contributed by atoms with van der Waals surface area (Å²) in [6.45, 7) is 1.74. The second-order valence-corrected chi connectivity index (χ2v) is 3.51. The smallest absolute Gasteiger partial charge is 0.255 e. The average Bonchev–Trinajstić information content (AvgIpc) is 2.21. The number of hydrogen-bond acceptors (Lipinski definition) is 3. The molecule has 0 aliphatic rings. The van der Waals surface area contributed by atoms with Crippen LogP contribution < -0.4 is 5.32 Å². The van der Waals surface area contributed by atoms with Gasteiger partial charge in [0.1, 0.15) is 0 Å². The Morgan fingerprint density at radius 1 is 1.53 bits per heavy atom. The van der Waals surface area contributed by atoms with Crippen LogP contribution in [0, 0.1) is 0 Å². The zero-order chi connectivity index (χ0) is 11.4. The monoisotopic (exact) mass is 229 g/mol. The van der Waals surface area contributed by atoms with Crippen molar-refractivity contribution >= 4 is 17.5 Å². The van der Waals surface area contributed by atoms with Crippen LogP contribution in [0.4, 0.5) is 0 Å². The van der Waals surface area contributed by atoms with Gasteiger partial charge >= 0.3 is 0 Å². The van der Waals surface area contributed by atoms with E-state index in [4.69, 9.17) is 11.6 Å². The molecule has 3 N–H and O–H groups in total. The summed E-state index contributed by atoms with van der Waals surface area (Å²) in [5.41, 5.74) is 0.0342. The van der Waals surface area contributed by atoms with Crippen molar-refractivity contribution in [3.63, 3.8) is 0 Å². The van der Waals surface area contributed by atoms with Crippen LogP contribution in [0.2, 0.25) is 0 Å². The summed E-state index contributed by atoms with van der Waals surface area (Å²) in [5.74, 6) is -0.916. The first-order chi connectivity index (χ1) is 7.06. The van der Waals surface area contributed by atoms with Crippen LogP contribution in [0.15, 0.2) is 18.2 Å². The summed E-state index contributed by atoms with van der Waals surface area (Å²) in [6.07, 6.45) is 0. The molecule has 0 saturated heterocycles. The SMILES string of the molecule is CC(CCl)NC(=O)c1cccc(O)c1O. The molecule has 0 aliphatic heterocycles. The number of rotatable bonds is 3. The Balaban J connectivity index is 2.87. The Morgan fingerprint density at radius 2 is 2.20 bits per heavy atom. The molecule has 0 spiro atoms. The Hall–Kier alpha value is -1.42. The van der Waals surface area contributed by atoms with Gasteiger partial charge < -0.3 is 15.5 Å². The van der Waals surface area contributed by atoms with Crippen molar-refractivity contribution in [3.8, 4) is 11.5 Å². The number of nitrogens with one attached hydrogen (secondary N) is 1. The lowest BCUT2D eigenvalue weighted by Crippen LogP contribution is -2.33. The molecule has 15 heavy (non-hydrogen) atoms. The van der Waals surface area contributed by atoms with Crippen molar-refractivity contribution in [1.82, 2.24) is 5.32 Å². The van der Waals surface area contributed by atoms with E-state index in [2.05, 4.69) is 5.32 Å². The van der Waals surface area contributed by atoms with Crippen molar-refractivity contribution in [1.29, 1.82) is 0 Å². The van der Waals surface area contributed by atoms with Crippen LogP contribution in [-0.4, -0.2) is 28.0 Å². The Labute approximate surface area is 92.5 Å². The second kappa shape index (κ2) is 4.89. The molecule has 1 aromatic rings. The molecule has 4 nitrogen and oxygen atoms in total. The number of halogens is 1. The number of amides is 1. The number of aromatic hydroxyl groups is 2. The molecule has 1 rings (SSSR count). The zero-order valence-corrected chi connectivity index (χ0v) is 8.95. The third kappa shape index (κ3) is 2.76. The van der Waals surface area contributed by atoms with Crippen molar-refractivity contribution in [3.05, 3.63) is 23.8 Å². The maximum atomic E-state index is 11.5. The molecule has 5 heteroatoms. The summed E-state index contributed by atoms with van der Waals surface area (Å²) in [4.78, 5) is 11.5. The highest BCUT2D eigenvalue weighted by atomic mass is 35.5. The van der Waals surface area contributed by atoms with Crippen LogP contribution >= 0.6 is 11.6 Å². The van der Waals surface area contributed by atoms with Gasteiger partial charge in [-0.3, -0.25) is 4.79 Å². The lowest BCUT2D eigenvalue weighted by Gasteiger charge is -2.11. The van der Waals surface area contributed by atoms with Crippen molar-refractivity contribution in [2.75, 3.05) is 5.88 Å². The number of para-hydroxylation sites is 1. The lowest BCUT2D eigenvalue weighted by atomic mass is 10.1. The summed E-state index contributed by atoms with van der Waals surface area (Å²) < 4.78 is 0. The van der Waals surface area contributed by atoms with Crippen LogP contribution in [0.1, 0.15) is 17.3 Å². The molecule has 0 aliphatic carbocycles. The fourth-order valence-electron chi connectivity index (χ4n) is 1.05. The van der Waals surface area contributed by atoms with Crippen LogP contribution in [-0.2, 0) is 0 Å². The Kier molecular flexibility index (Phi) is 3.80. The topological polar surface area (TPSA) is 69.6 Å². The average molecular weight is 230 g/mol. The number of hydrogen-bond donors (Lipinski definition) is 3. The molecule has 0 bridgehead atoms. The van der Waals surface area contributed by atoms with E-state index < -0.39 is 11.7 Å². The third-order valence-corrected chi connectivity index (χ3v) is 2.33. The summed E-state index contributed by atoms with van der Waals surface area (Å²) in [5, 5.41) is 21.2. The van der Waals surface area contributed by atoms with Gasteiger partial charge in [-0.05, 0) is 19.1 Å². The fraction of sp³-hybridized carbons (Fsp3) is 0.300. The maximum Gasteiger partial charge on any atom is 0.255 e. The normalized spacial score (nSPS) is 12.1. The van der Waals surface area contributed by atoms with Crippen LogP contribution in [0.3, 0.4) is 0 Å². The highest BCUT2D eigenvalue weighted by molar-refractivity contribution is 6.18. The molecular formula is C10H12ClNO3. The Bertz CT molecular complexity index is 368. The van der Waals surface area contributed by atoms with E-state index in [9.17, 15) is 15.0 Å². The third-order valence-electron chi connectivity index (χ3n) is 1.87. The second-order valence-electron chi connectivity index (χ2n) is 3.20. The van der Waals surface area contributed by atoms with Crippen molar-refractivity contribution < 1.29 is 15.0 Å². The fourth-order valence-corrected chi connectivity index (χ4v) is 1.13. The van der Waals surface area contributed by atoms with Gasteiger partial charge in [0.2, 0.25) is 0 Å². The van der Waals surface area contributed by atoms with Gasteiger partial charge in [-0.25, -0.2) is 0 Å². The van der Waals surface area contributed by atoms with E-state index in [1.807, 2.05) is 0 Å². The molecule has 1 aromatic carbocycles. The first kappa shape index (κ1) is 11.7. The zero-order valence-electron chi connectivity index (χ0n) is 8.20. The molecule has 1 atom stereocenters. The molecule has 0 heterocycles. The number of benzene rings is 1. The first-order valence-corrected chi connectivity index (χ1v) is 4.97. The molecule has 0 aromatic heterocycles. The predicted octanol–water partition coefficient (Wildman–Crippen LogP) is 1.45. The molecule has 82 valence electrons. The highest BCUT2D eigenvalue weighted by Crippen LogP contribution is 2.27. The lowest BCUT2D eigenvalue weighted by molar-refractivity contribution is 0.0940. The van der Waals surface area contributed by atoms with E-state index in [0.717, 1.165) is 0 Å². The minimum absolute atomic E-state index is 0.0342. The van der Waals surface area contributed by atoms with E-state index in [0.29, 0.717) is 0 Å². The molecule has 0 radical (unpaired) electrons. The number of phenols is 2. The van der Waals surface area contributed by atoms with Gasteiger partial charge in [0.15, 0.2) is 11.5 Å². The number of phenolic OH excluding ortho intramolecular Hbond substituents is 2. The Morgan fingerprint density at radius 3 is 2.80 bits per heavy atom. The highest BCUT2D eigenvalue weighted by Gasteiger charge is 2.15. The van der Waals surface area contributed by atoms with Gasteiger partial charge in [-0.1, -0.05) is 6.07 Å². The molecule has 1 amide bonds. The van der Waals surface area contributed by atoms with Gasteiger partial charge in [-0.15, -0.1) is 11.6 Å². The van der Waals surface area contributed by atoms with E-state index in [1.54, 1.807) is 6.92 Å². The summed E-state index contributed by atoms with van der Waals surface area (Å²) >= 11 is 5.53. The van der Waals surface area contributed by atoms with Crippen LogP contribution in [0.5, 0.6) is 11.5 Å². The summed E-state index contributed by atoms with van der Waals surface area (Å²) in [7, 11) is 0. The standard InChI is InChI=1S/C10H12ClNO3/c1-6(5-11)12-10(15)7-3-2-4-8(13)9(7)14/h2-4,6,13-14H,5H2,1H3,(H,12,15). The van der Waals surface area contributed by atoms with E-state index >= 15 is 0 Å². The van der Waals surface area contributed by atoms with Gasteiger partial charge in [-0.2, -0.15) is 0 Å². The largest absolute Gasteiger partial charge is 0.504 e. The van der Waals surface area contributed by atoms with Gasteiger partial charge in [0, 0.05) is 11.9 Å². The van der Waals surface area contributed by atoms with Gasteiger partial charge in [0.25, 0.3) is 5.91 Å². The van der Waals surface area contributed by atoms with Crippen molar-refractivity contribution in [2.24, 2.45) is 0 Å². The minimum atomic E-state index is -0.462. The molecular weight excluding hydrogens is 218 g/mol.